The summed E-state index contributed by atoms with van der Waals surface area (Å²) in [5.41, 5.74) is 3.43. The Kier molecular flexibility index (Phi) is 4.97. The van der Waals surface area contributed by atoms with Crippen molar-refractivity contribution in [3.8, 4) is 0 Å². The van der Waals surface area contributed by atoms with Crippen LogP contribution in [0.25, 0.3) is 12.2 Å². The Balaban J connectivity index is 1.86. The maximum absolute atomic E-state index is 12.6. The number of hydrogen-bond donors (Lipinski definition) is 1. The second kappa shape index (κ2) is 7.14. The summed E-state index contributed by atoms with van der Waals surface area (Å²) < 4.78 is 0. The first-order chi connectivity index (χ1) is 11.1. The number of carbonyl (C=O) groups is 1. The number of carbonyl (C=O) groups excluding carboxylic acids is 1. The zero-order chi connectivity index (χ0) is 16.2. The molecule has 2 aromatic carbocycles. The standard InChI is InChI=1S/C19H15Cl2NO/c20-17-5-1-13(2-6-17)9-15-11-22-12-16(19(15)23)10-14-3-7-18(21)8-4-14/h1-10,22H,11-12H2/b15-9-,16-10-. The Morgan fingerprint density at radius 2 is 1.13 bits per heavy atom. The van der Waals surface area contributed by atoms with Crippen LogP contribution in [0.4, 0.5) is 0 Å². The lowest BCUT2D eigenvalue weighted by atomic mass is 9.95. The third-order valence-corrected chi connectivity index (χ3v) is 4.14. The minimum absolute atomic E-state index is 0.0775. The van der Waals surface area contributed by atoms with E-state index in [1.54, 1.807) is 0 Å². The summed E-state index contributed by atoms with van der Waals surface area (Å²) >= 11 is 11.8. The number of Topliss-reactive ketones (excluding diaryl/α,β-unsaturated/α-hetero) is 1. The number of rotatable bonds is 2. The average molecular weight is 344 g/mol. The molecule has 1 saturated heterocycles. The van der Waals surface area contributed by atoms with Crippen LogP contribution in [0.1, 0.15) is 11.1 Å². The summed E-state index contributed by atoms with van der Waals surface area (Å²) in [7, 11) is 0. The molecule has 1 aliphatic rings. The minimum atomic E-state index is 0.0775. The Morgan fingerprint density at radius 3 is 1.52 bits per heavy atom. The van der Waals surface area contributed by atoms with E-state index in [9.17, 15) is 4.79 Å². The molecule has 1 heterocycles. The molecule has 116 valence electrons. The van der Waals surface area contributed by atoms with E-state index >= 15 is 0 Å². The van der Waals surface area contributed by atoms with Crippen LogP contribution in [0.3, 0.4) is 0 Å². The smallest absolute Gasteiger partial charge is 0.187 e. The summed E-state index contributed by atoms with van der Waals surface area (Å²) in [5, 5.41) is 4.64. The maximum atomic E-state index is 12.6. The average Bonchev–Trinajstić information content (AvgIpc) is 2.55. The van der Waals surface area contributed by atoms with Gasteiger partial charge in [0.2, 0.25) is 0 Å². The lowest BCUT2D eigenvalue weighted by molar-refractivity contribution is -0.112. The van der Waals surface area contributed by atoms with Crippen LogP contribution in [0.2, 0.25) is 10.0 Å². The van der Waals surface area contributed by atoms with E-state index in [0.717, 1.165) is 22.3 Å². The highest BCUT2D eigenvalue weighted by Crippen LogP contribution is 2.19. The predicted octanol–water partition coefficient (Wildman–Crippen LogP) is 4.63. The van der Waals surface area contributed by atoms with Gasteiger partial charge in [0.15, 0.2) is 5.78 Å². The number of piperidine rings is 1. The molecular formula is C19H15Cl2NO. The van der Waals surface area contributed by atoms with E-state index in [1.807, 2.05) is 60.7 Å². The Hall–Kier alpha value is -1.87. The normalized spacial score (nSPS) is 18.6. The lowest BCUT2D eigenvalue weighted by Gasteiger charge is -2.18. The van der Waals surface area contributed by atoms with Crippen molar-refractivity contribution in [1.29, 1.82) is 0 Å². The van der Waals surface area contributed by atoms with Gasteiger partial charge in [-0.2, -0.15) is 0 Å². The number of ketones is 1. The van der Waals surface area contributed by atoms with Crippen molar-refractivity contribution in [2.24, 2.45) is 0 Å². The van der Waals surface area contributed by atoms with E-state index in [0.29, 0.717) is 23.1 Å². The van der Waals surface area contributed by atoms with Gasteiger partial charge in [-0.1, -0.05) is 47.5 Å². The van der Waals surface area contributed by atoms with Gasteiger partial charge in [0.25, 0.3) is 0 Å². The topological polar surface area (TPSA) is 29.1 Å². The highest BCUT2D eigenvalue weighted by Gasteiger charge is 2.19. The van der Waals surface area contributed by atoms with Crippen molar-refractivity contribution in [3.05, 3.63) is 80.8 Å². The van der Waals surface area contributed by atoms with Gasteiger partial charge in [0.1, 0.15) is 0 Å². The second-order valence-corrected chi connectivity index (χ2v) is 6.25. The zero-order valence-corrected chi connectivity index (χ0v) is 13.9. The Morgan fingerprint density at radius 1 is 0.739 bits per heavy atom. The van der Waals surface area contributed by atoms with E-state index < -0.39 is 0 Å². The SMILES string of the molecule is O=C1/C(=C\c2ccc(Cl)cc2)CNC/C1=C/c1ccc(Cl)cc1. The molecule has 1 aliphatic heterocycles. The third-order valence-electron chi connectivity index (χ3n) is 3.64. The van der Waals surface area contributed by atoms with Crippen molar-refractivity contribution < 1.29 is 4.79 Å². The van der Waals surface area contributed by atoms with Crippen molar-refractivity contribution in [2.45, 2.75) is 0 Å². The van der Waals surface area contributed by atoms with Gasteiger partial charge in [-0.25, -0.2) is 0 Å². The molecule has 0 atom stereocenters. The summed E-state index contributed by atoms with van der Waals surface area (Å²) in [6.45, 7) is 1.14. The van der Waals surface area contributed by atoms with Crippen molar-refractivity contribution >= 4 is 41.1 Å². The van der Waals surface area contributed by atoms with E-state index in [-0.39, 0.29) is 5.78 Å². The summed E-state index contributed by atoms with van der Waals surface area (Å²) in [6, 6.07) is 14.9. The predicted molar refractivity (Wildman–Crippen MR) is 96.7 cm³/mol. The molecule has 0 unspecified atom stereocenters. The minimum Gasteiger partial charge on any atom is -0.308 e. The molecule has 0 saturated carbocycles. The first-order valence-corrected chi connectivity index (χ1v) is 8.05. The quantitative estimate of drug-likeness (QED) is 0.805. The molecule has 1 fully saturated rings. The molecule has 0 aliphatic carbocycles. The van der Waals surface area contributed by atoms with E-state index in [4.69, 9.17) is 23.2 Å². The first kappa shape index (κ1) is 16.0. The van der Waals surface area contributed by atoms with Gasteiger partial charge in [0.05, 0.1) is 0 Å². The van der Waals surface area contributed by atoms with E-state index in [1.165, 1.54) is 0 Å². The van der Waals surface area contributed by atoms with Gasteiger partial charge in [-0.15, -0.1) is 0 Å². The largest absolute Gasteiger partial charge is 0.308 e. The van der Waals surface area contributed by atoms with Crippen LogP contribution in [-0.4, -0.2) is 18.9 Å². The van der Waals surface area contributed by atoms with Crippen LogP contribution in [0.15, 0.2) is 59.7 Å². The van der Waals surface area contributed by atoms with Crippen molar-refractivity contribution in [2.75, 3.05) is 13.1 Å². The summed E-state index contributed by atoms with van der Waals surface area (Å²) in [5.74, 6) is 0.0775. The van der Waals surface area contributed by atoms with E-state index in [2.05, 4.69) is 5.32 Å². The highest BCUT2D eigenvalue weighted by molar-refractivity contribution is 6.30. The molecule has 4 heteroatoms. The molecule has 3 rings (SSSR count). The Labute approximate surface area is 145 Å². The summed E-state index contributed by atoms with van der Waals surface area (Å²) in [4.78, 5) is 12.6. The van der Waals surface area contributed by atoms with Crippen molar-refractivity contribution in [3.63, 3.8) is 0 Å². The fourth-order valence-corrected chi connectivity index (χ4v) is 2.70. The van der Waals surface area contributed by atoms with Gasteiger partial charge >= 0.3 is 0 Å². The fourth-order valence-electron chi connectivity index (χ4n) is 2.45. The molecule has 0 spiro atoms. The van der Waals surface area contributed by atoms with Crippen LogP contribution in [-0.2, 0) is 4.79 Å². The first-order valence-electron chi connectivity index (χ1n) is 7.29. The monoisotopic (exact) mass is 343 g/mol. The molecule has 2 aromatic rings. The van der Waals surface area contributed by atoms with Crippen LogP contribution < -0.4 is 5.32 Å². The van der Waals surface area contributed by atoms with Crippen LogP contribution in [0, 0.1) is 0 Å². The third kappa shape index (κ3) is 4.11. The maximum Gasteiger partial charge on any atom is 0.187 e. The molecule has 0 radical (unpaired) electrons. The van der Waals surface area contributed by atoms with Crippen molar-refractivity contribution in [1.82, 2.24) is 5.32 Å². The van der Waals surface area contributed by atoms with Gasteiger partial charge in [-0.05, 0) is 47.5 Å². The molecular weight excluding hydrogens is 329 g/mol. The zero-order valence-electron chi connectivity index (χ0n) is 12.4. The molecule has 0 aromatic heterocycles. The fraction of sp³-hybridized carbons (Fsp3) is 0.105. The van der Waals surface area contributed by atoms with Gasteiger partial charge in [-0.3, -0.25) is 4.79 Å². The van der Waals surface area contributed by atoms with Gasteiger partial charge < -0.3 is 5.32 Å². The molecule has 0 bridgehead atoms. The molecule has 0 amide bonds. The number of benzene rings is 2. The second-order valence-electron chi connectivity index (χ2n) is 5.37. The lowest BCUT2D eigenvalue weighted by Crippen LogP contribution is -2.32. The molecule has 2 nitrogen and oxygen atoms in total. The molecule has 23 heavy (non-hydrogen) atoms. The molecule has 1 N–H and O–H groups in total. The number of halogens is 2. The number of hydrogen-bond acceptors (Lipinski definition) is 2. The summed E-state index contributed by atoms with van der Waals surface area (Å²) in [6.07, 6.45) is 3.81. The Bertz CT molecular complexity index is 709. The number of nitrogens with one attached hydrogen (secondary N) is 1. The highest BCUT2D eigenvalue weighted by atomic mass is 35.5. The van der Waals surface area contributed by atoms with Gasteiger partial charge in [0, 0.05) is 34.3 Å². The van der Waals surface area contributed by atoms with Crippen LogP contribution in [0.5, 0.6) is 0 Å². The van der Waals surface area contributed by atoms with Crippen LogP contribution >= 0.6 is 23.2 Å².